The molecule has 0 aromatic heterocycles. The van der Waals surface area contributed by atoms with Crippen LogP contribution in [0.4, 0.5) is 51.2 Å². The quantitative estimate of drug-likeness (QED) is 0.114. The molecule has 1 aliphatic rings. The fourth-order valence-corrected chi connectivity index (χ4v) is 9.82. The Balaban J connectivity index is 0.886. The summed E-state index contributed by atoms with van der Waals surface area (Å²) >= 11 is 0. The fourth-order valence-electron chi connectivity index (χ4n) is 9.82. The Kier molecular flexibility index (Phi) is 13.0. The highest BCUT2D eigenvalue weighted by molar-refractivity contribution is 5.84. The molecule has 10 aromatic carbocycles. The Bertz CT molecular complexity index is 3000. The Morgan fingerprint density at radius 3 is 0.671 bits per heavy atom. The first-order chi connectivity index (χ1) is 34.7. The van der Waals surface area contributed by atoms with E-state index in [2.05, 4.69) is 288 Å². The van der Waals surface area contributed by atoms with Gasteiger partial charge in [-0.05, 0) is 174 Å². The number of benzene rings is 10. The van der Waals surface area contributed by atoms with Crippen LogP contribution >= 0.6 is 0 Å². The minimum atomic E-state index is 1.09. The SMILES string of the molecule is C(=C1CCCCC1)c1ccc(-c2ccc(N(c3ccc(-c4ccc(N(c5ccccc5)c5ccccc5)cc4)cc3)c3ccc(-c4ccc(N(c5ccccc5)c5ccccc5)cc4)cc3)cc2)cc1. The molecular weight excluding hydrogens is 847 g/mol. The smallest absolute Gasteiger partial charge is 0.0462 e. The predicted molar refractivity (Wildman–Crippen MR) is 298 cm³/mol. The van der Waals surface area contributed by atoms with Gasteiger partial charge in [-0.2, -0.15) is 0 Å². The van der Waals surface area contributed by atoms with Gasteiger partial charge in [0, 0.05) is 51.2 Å². The Hall–Kier alpha value is -8.66. The van der Waals surface area contributed by atoms with Crippen LogP contribution < -0.4 is 14.7 Å². The lowest BCUT2D eigenvalue weighted by Gasteiger charge is -2.27. The van der Waals surface area contributed by atoms with Crippen LogP contribution in [0.1, 0.15) is 37.7 Å². The van der Waals surface area contributed by atoms with E-state index in [1.807, 2.05) is 0 Å². The summed E-state index contributed by atoms with van der Waals surface area (Å²) in [6, 6.07) is 96.0. The number of rotatable bonds is 13. The normalized spacial score (nSPS) is 12.3. The molecule has 338 valence electrons. The molecule has 0 spiro atoms. The molecule has 0 N–H and O–H groups in total. The van der Waals surface area contributed by atoms with Gasteiger partial charge in [-0.1, -0.05) is 176 Å². The Morgan fingerprint density at radius 2 is 0.429 bits per heavy atom. The average molecular weight is 902 g/mol. The lowest BCUT2D eigenvalue weighted by Crippen LogP contribution is -2.10. The van der Waals surface area contributed by atoms with Crippen LogP contribution in [0.25, 0.3) is 39.5 Å². The van der Waals surface area contributed by atoms with Gasteiger partial charge in [-0.15, -0.1) is 0 Å². The van der Waals surface area contributed by atoms with E-state index in [0.717, 1.165) is 62.3 Å². The minimum absolute atomic E-state index is 1.09. The third kappa shape index (κ3) is 9.83. The zero-order valence-electron chi connectivity index (χ0n) is 39.4. The van der Waals surface area contributed by atoms with Crippen molar-refractivity contribution in [2.75, 3.05) is 14.7 Å². The number of para-hydroxylation sites is 4. The number of nitrogens with zero attached hydrogens (tertiary/aromatic N) is 3. The Labute approximate surface area is 413 Å². The topological polar surface area (TPSA) is 9.72 Å². The van der Waals surface area contributed by atoms with Crippen LogP contribution in [0.3, 0.4) is 0 Å². The van der Waals surface area contributed by atoms with Crippen LogP contribution in [0.5, 0.6) is 0 Å². The van der Waals surface area contributed by atoms with E-state index in [1.54, 1.807) is 5.57 Å². The number of anilines is 9. The summed E-state index contributed by atoms with van der Waals surface area (Å²) in [5.41, 5.74) is 20.0. The van der Waals surface area contributed by atoms with Crippen molar-refractivity contribution in [1.82, 2.24) is 0 Å². The van der Waals surface area contributed by atoms with Gasteiger partial charge in [0.15, 0.2) is 0 Å². The van der Waals surface area contributed by atoms with Gasteiger partial charge in [0.1, 0.15) is 0 Å². The molecule has 0 unspecified atom stereocenters. The highest BCUT2D eigenvalue weighted by atomic mass is 15.2. The lowest BCUT2D eigenvalue weighted by molar-refractivity contribution is 0.602. The van der Waals surface area contributed by atoms with Crippen molar-refractivity contribution in [2.24, 2.45) is 0 Å². The molecule has 3 nitrogen and oxygen atoms in total. The molecule has 11 rings (SSSR count). The average Bonchev–Trinajstić information content (AvgIpc) is 3.44. The van der Waals surface area contributed by atoms with Crippen molar-refractivity contribution in [2.45, 2.75) is 32.1 Å². The van der Waals surface area contributed by atoms with Gasteiger partial charge < -0.3 is 14.7 Å². The van der Waals surface area contributed by atoms with Gasteiger partial charge in [0.05, 0.1) is 0 Å². The molecule has 0 bridgehead atoms. The largest absolute Gasteiger partial charge is 0.311 e. The van der Waals surface area contributed by atoms with E-state index in [4.69, 9.17) is 0 Å². The number of allylic oxidation sites excluding steroid dienone is 1. The zero-order chi connectivity index (χ0) is 46.9. The summed E-state index contributed by atoms with van der Waals surface area (Å²) in [7, 11) is 0. The first-order valence-corrected chi connectivity index (χ1v) is 24.6. The van der Waals surface area contributed by atoms with Crippen LogP contribution in [-0.2, 0) is 0 Å². The van der Waals surface area contributed by atoms with Crippen LogP contribution in [0.2, 0.25) is 0 Å². The molecule has 70 heavy (non-hydrogen) atoms. The molecule has 0 amide bonds. The van der Waals surface area contributed by atoms with Gasteiger partial charge in [0.2, 0.25) is 0 Å². The third-order valence-corrected chi connectivity index (χ3v) is 13.5. The highest BCUT2D eigenvalue weighted by Gasteiger charge is 2.17. The highest BCUT2D eigenvalue weighted by Crippen LogP contribution is 2.41. The van der Waals surface area contributed by atoms with Crippen molar-refractivity contribution < 1.29 is 0 Å². The van der Waals surface area contributed by atoms with Crippen molar-refractivity contribution >= 4 is 57.3 Å². The molecule has 1 saturated carbocycles. The maximum atomic E-state index is 2.40. The summed E-state index contributed by atoms with van der Waals surface area (Å²) in [5.74, 6) is 0. The standard InChI is InChI=1S/C67H55N3/c1-6-16-51(17-7-1)50-52-26-28-53(29-27-52)54-30-44-65(45-31-54)70(66-46-36-57(37-47-66)55-32-40-63(41-33-55)68(59-18-8-2-9-19-59)60-20-10-3-11-21-60)67-48-38-58(39-49-67)56-34-42-64(43-35-56)69(61-22-12-4-13-23-61)62-24-14-5-15-25-62/h2-5,8-15,18-50H,1,6-7,16-17H2. The maximum Gasteiger partial charge on any atom is 0.0462 e. The van der Waals surface area contributed by atoms with E-state index >= 15 is 0 Å². The number of hydrogen-bond acceptors (Lipinski definition) is 3. The van der Waals surface area contributed by atoms with Crippen molar-refractivity contribution in [3.8, 4) is 33.4 Å². The summed E-state index contributed by atoms with van der Waals surface area (Å²) in [4.78, 5) is 6.96. The molecule has 0 aliphatic heterocycles. The van der Waals surface area contributed by atoms with Crippen molar-refractivity contribution in [3.63, 3.8) is 0 Å². The third-order valence-electron chi connectivity index (χ3n) is 13.5. The summed E-state index contributed by atoms with van der Waals surface area (Å²) in [6.45, 7) is 0. The van der Waals surface area contributed by atoms with Gasteiger partial charge in [-0.3, -0.25) is 0 Å². The van der Waals surface area contributed by atoms with Crippen LogP contribution in [0, 0.1) is 0 Å². The first-order valence-electron chi connectivity index (χ1n) is 24.6. The molecule has 0 saturated heterocycles. The van der Waals surface area contributed by atoms with E-state index in [-0.39, 0.29) is 0 Å². The molecule has 0 atom stereocenters. The molecule has 0 radical (unpaired) electrons. The fraction of sp³-hybridized carbons (Fsp3) is 0.0746. The zero-order valence-corrected chi connectivity index (χ0v) is 39.4. The summed E-state index contributed by atoms with van der Waals surface area (Å²) < 4.78 is 0. The molecule has 0 heterocycles. The van der Waals surface area contributed by atoms with Crippen molar-refractivity contribution in [1.29, 1.82) is 0 Å². The van der Waals surface area contributed by atoms with Gasteiger partial charge in [-0.25, -0.2) is 0 Å². The second-order valence-corrected chi connectivity index (χ2v) is 18.1. The first kappa shape index (κ1) is 43.9. The molecule has 1 aliphatic carbocycles. The summed E-state index contributed by atoms with van der Waals surface area (Å²) in [6.07, 6.45) is 8.87. The minimum Gasteiger partial charge on any atom is -0.311 e. The van der Waals surface area contributed by atoms with E-state index in [9.17, 15) is 0 Å². The van der Waals surface area contributed by atoms with Gasteiger partial charge >= 0.3 is 0 Å². The number of hydrogen-bond donors (Lipinski definition) is 0. The van der Waals surface area contributed by atoms with Gasteiger partial charge in [0.25, 0.3) is 0 Å². The van der Waals surface area contributed by atoms with E-state index < -0.39 is 0 Å². The Morgan fingerprint density at radius 1 is 0.214 bits per heavy atom. The van der Waals surface area contributed by atoms with Crippen LogP contribution in [0.15, 0.2) is 272 Å². The molecule has 3 heteroatoms. The maximum absolute atomic E-state index is 2.40. The lowest BCUT2D eigenvalue weighted by atomic mass is 9.93. The van der Waals surface area contributed by atoms with Crippen LogP contribution in [-0.4, -0.2) is 0 Å². The second kappa shape index (κ2) is 20.7. The second-order valence-electron chi connectivity index (χ2n) is 18.1. The van der Waals surface area contributed by atoms with E-state index in [0.29, 0.717) is 0 Å². The molecule has 1 fully saturated rings. The van der Waals surface area contributed by atoms with E-state index in [1.165, 1.54) is 59.9 Å². The molecule has 10 aromatic rings. The summed E-state index contributed by atoms with van der Waals surface area (Å²) in [5, 5.41) is 0. The van der Waals surface area contributed by atoms with Crippen molar-refractivity contribution in [3.05, 3.63) is 278 Å². The molecular formula is C67H55N3. The predicted octanol–water partition coefficient (Wildman–Crippen LogP) is 19.4. The monoisotopic (exact) mass is 901 g/mol.